The Hall–Kier alpha value is -5.66. The maximum atomic E-state index is 9.71. The minimum absolute atomic E-state index is 0.0104. The van der Waals surface area contributed by atoms with E-state index in [2.05, 4.69) is 0 Å². The molecule has 43 heavy (non-hydrogen) atoms. The lowest BCUT2D eigenvalue weighted by molar-refractivity contribution is 0.669. The van der Waals surface area contributed by atoms with Gasteiger partial charge in [0.15, 0.2) is 0 Å². The Morgan fingerprint density at radius 2 is 0.953 bits per heavy atom. The van der Waals surface area contributed by atoms with Gasteiger partial charge in [-0.2, -0.15) is 0 Å². The molecular weight excluding hydrogens is 520 g/mol. The third kappa shape index (κ3) is 3.79. The minimum Gasteiger partial charge on any atom is -0.456 e. The Morgan fingerprint density at radius 1 is 0.372 bits per heavy atom. The van der Waals surface area contributed by atoms with E-state index in [1.54, 1.807) is 0 Å². The Bertz CT molecular complexity index is 3720. The molecule has 0 amide bonds. The number of hydrogen-bond acceptors (Lipinski definition) is 1. The second kappa shape index (κ2) is 9.44. The van der Waals surface area contributed by atoms with Crippen molar-refractivity contribution in [1.29, 1.82) is 0 Å². The average Bonchev–Trinajstić information content (AvgIpc) is 3.68. The fraction of sp³-hybridized carbons (Fsp3) is 0. The summed E-state index contributed by atoms with van der Waals surface area (Å²) in [4.78, 5) is 0. The van der Waals surface area contributed by atoms with Crippen LogP contribution in [0.5, 0.6) is 0 Å². The van der Waals surface area contributed by atoms with Crippen molar-refractivity contribution >= 4 is 54.3 Å². The quantitative estimate of drug-likeness (QED) is 0.193. The van der Waals surface area contributed by atoms with Crippen LogP contribution in [0.4, 0.5) is 0 Å². The predicted molar refractivity (Wildman–Crippen MR) is 183 cm³/mol. The van der Waals surface area contributed by atoms with Crippen LogP contribution in [-0.4, -0.2) is 0 Å². The number of para-hydroxylation sites is 1. The number of furan rings is 1. The highest BCUT2D eigenvalue weighted by Crippen LogP contribution is 2.45. The third-order valence-corrected chi connectivity index (χ3v) is 7.15. The molecule has 0 aliphatic carbocycles. The zero-order chi connectivity index (χ0) is 48.3. The lowest BCUT2D eigenvalue weighted by atomic mass is 9.85. The molecule has 8 aromatic carbocycles. The van der Waals surface area contributed by atoms with Gasteiger partial charge in [-0.3, -0.25) is 0 Å². The molecule has 0 aliphatic heterocycles. The summed E-state index contributed by atoms with van der Waals surface area (Å²) in [7, 11) is 0. The molecule has 1 aromatic heterocycles. The fourth-order valence-corrected chi connectivity index (χ4v) is 5.31. The molecule has 0 radical (unpaired) electrons. The summed E-state index contributed by atoms with van der Waals surface area (Å²) in [5.74, 6) is 0. The highest BCUT2D eigenvalue weighted by atomic mass is 16.3. The SMILES string of the molecule is [2H]c1c([2H])c(-c2c([2H])c([2H])c3c([2H])c([2H])c([2H])c([2H])c3c2[2H])c([2H])c(-c2c3c([2H])c([2H])c([2H])c([2H])c3c(-c3ccc4oc5c([2H])c([2H])c([2H])c([2H])c5c4c3)c3c([2H])c([2H])c([2H])c([2H])c23)c1[2H]. The Balaban J connectivity index is 1.54. The minimum atomic E-state index is -0.981. The van der Waals surface area contributed by atoms with Gasteiger partial charge < -0.3 is 4.42 Å². The first-order valence-corrected chi connectivity index (χ1v) is 12.9. The van der Waals surface area contributed by atoms with Crippen molar-refractivity contribution in [2.45, 2.75) is 0 Å². The zero-order valence-corrected chi connectivity index (χ0v) is 21.6. The van der Waals surface area contributed by atoms with Crippen LogP contribution in [0.15, 0.2) is 162 Å². The molecule has 1 heterocycles. The summed E-state index contributed by atoms with van der Waals surface area (Å²) in [5, 5.41) is -2.90. The largest absolute Gasteiger partial charge is 0.456 e. The van der Waals surface area contributed by atoms with Gasteiger partial charge in [-0.1, -0.05) is 127 Å². The van der Waals surface area contributed by atoms with Gasteiger partial charge in [0.25, 0.3) is 0 Å². The highest BCUT2D eigenvalue weighted by molar-refractivity contribution is 6.22. The number of hydrogen-bond donors (Lipinski definition) is 0. The molecule has 0 fully saturated rings. The van der Waals surface area contributed by atoms with E-state index in [0.717, 1.165) is 0 Å². The Labute approximate surface area is 281 Å². The standard InChI is InChI=1S/C42H26O/c1-2-11-28-24-30(21-20-27(28)10-1)29-12-9-13-31(25-29)41-34-15-3-5-17-36(34)42(37-18-6-4-16-35(37)41)32-22-23-40-38(26-32)33-14-7-8-19-39(33)43-40/h1-26H/i1D,2D,3D,4D,5D,6D,7D,8D,9D,10D,11D,12D,13D,14D,15D,16D,17D,18D,19D,20D,21D,24D,25D. The van der Waals surface area contributed by atoms with Gasteiger partial charge in [-0.15, -0.1) is 0 Å². The lowest BCUT2D eigenvalue weighted by Crippen LogP contribution is -1.91. The molecule has 0 unspecified atom stereocenters. The molecule has 9 rings (SSSR count). The first-order chi connectivity index (χ1) is 30.9. The van der Waals surface area contributed by atoms with E-state index < -0.39 is 194 Å². The number of fused-ring (bicyclic) bond motifs is 6. The zero-order valence-electron chi connectivity index (χ0n) is 44.6. The maximum Gasteiger partial charge on any atom is 0.135 e. The maximum absolute atomic E-state index is 9.71. The summed E-state index contributed by atoms with van der Waals surface area (Å²) in [5.41, 5.74) is -3.18. The number of rotatable bonds is 3. The molecular formula is C42H26O. The van der Waals surface area contributed by atoms with Crippen molar-refractivity contribution < 1.29 is 35.9 Å². The third-order valence-electron chi connectivity index (χ3n) is 7.15. The summed E-state index contributed by atoms with van der Waals surface area (Å²) < 4.78 is 210. The lowest BCUT2D eigenvalue weighted by Gasteiger charge is -2.18. The molecule has 200 valence electrons. The topological polar surface area (TPSA) is 13.1 Å². The van der Waals surface area contributed by atoms with E-state index in [1.165, 1.54) is 18.2 Å². The van der Waals surface area contributed by atoms with Crippen LogP contribution in [0, 0.1) is 0 Å². The normalized spacial score (nSPS) is 19.2. The molecule has 0 spiro atoms. The average molecular weight is 570 g/mol. The van der Waals surface area contributed by atoms with Gasteiger partial charge in [0, 0.05) is 10.8 Å². The van der Waals surface area contributed by atoms with Crippen molar-refractivity contribution in [1.82, 2.24) is 0 Å². The van der Waals surface area contributed by atoms with Crippen molar-refractivity contribution in [3.8, 4) is 33.4 Å². The molecule has 0 saturated heterocycles. The van der Waals surface area contributed by atoms with Crippen LogP contribution in [0.1, 0.15) is 31.5 Å². The van der Waals surface area contributed by atoms with Gasteiger partial charge in [0.05, 0.1) is 31.5 Å². The summed E-state index contributed by atoms with van der Waals surface area (Å²) in [6.45, 7) is 0. The second-order valence-corrected chi connectivity index (χ2v) is 9.52. The van der Waals surface area contributed by atoms with E-state index >= 15 is 0 Å². The predicted octanol–water partition coefficient (Wildman–Crippen LogP) is 12.0. The van der Waals surface area contributed by atoms with Crippen LogP contribution in [0.25, 0.3) is 87.6 Å². The van der Waals surface area contributed by atoms with Gasteiger partial charge >= 0.3 is 0 Å². The summed E-state index contributed by atoms with van der Waals surface area (Å²) >= 11 is 0. The van der Waals surface area contributed by atoms with E-state index in [-0.39, 0.29) is 33.1 Å². The van der Waals surface area contributed by atoms with Crippen LogP contribution >= 0.6 is 0 Å². The van der Waals surface area contributed by atoms with Gasteiger partial charge in [0.2, 0.25) is 0 Å². The molecule has 0 N–H and O–H groups in total. The molecule has 0 atom stereocenters. The second-order valence-electron chi connectivity index (χ2n) is 9.52. The van der Waals surface area contributed by atoms with Gasteiger partial charge in [-0.25, -0.2) is 0 Å². The summed E-state index contributed by atoms with van der Waals surface area (Å²) in [6.07, 6.45) is 0. The van der Waals surface area contributed by atoms with Crippen molar-refractivity contribution in [3.63, 3.8) is 0 Å². The molecule has 1 nitrogen and oxygen atoms in total. The van der Waals surface area contributed by atoms with E-state index in [0.29, 0.717) is 0 Å². The molecule has 1 heteroatoms. The van der Waals surface area contributed by atoms with Crippen LogP contribution in [0.2, 0.25) is 0 Å². The van der Waals surface area contributed by atoms with Crippen molar-refractivity contribution in [3.05, 3.63) is 157 Å². The Morgan fingerprint density at radius 3 is 1.70 bits per heavy atom. The van der Waals surface area contributed by atoms with Gasteiger partial charge in [0.1, 0.15) is 11.2 Å². The summed E-state index contributed by atoms with van der Waals surface area (Å²) in [6, 6.07) is -14.0. The van der Waals surface area contributed by atoms with Gasteiger partial charge in [-0.05, 0) is 96.0 Å². The molecule has 0 bridgehead atoms. The Kier molecular flexibility index (Phi) is 2.32. The smallest absolute Gasteiger partial charge is 0.135 e. The fourth-order valence-electron chi connectivity index (χ4n) is 5.31. The molecule has 9 aromatic rings. The molecule has 0 saturated carbocycles. The first kappa shape index (κ1) is 10.6. The first-order valence-electron chi connectivity index (χ1n) is 24.4. The highest BCUT2D eigenvalue weighted by Gasteiger charge is 2.18. The van der Waals surface area contributed by atoms with E-state index in [1.807, 2.05) is 0 Å². The monoisotopic (exact) mass is 569 g/mol. The van der Waals surface area contributed by atoms with Crippen LogP contribution < -0.4 is 0 Å². The van der Waals surface area contributed by atoms with Crippen LogP contribution in [-0.2, 0) is 0 Å². The number of benzene rings is 8. The molecule has 0 aliphatic rings. The van der Waals surface area contributed by atoms with Crippen LogP contribution in [0.3, 0.4) is 0 Å². The van der Waals surface area contributed by atoms with E-state index in [4.69, 9.17) is 26.3 Å². The van der Waals surface area contributed by atoms with E-state index in [9.17, 15) is 9.60 Å². The van der Waals surface area contributed by atoms with Crippen molar-refractivity contribution in [2.24, 2.45) is 0 Å². The van der Waals surface area contributed by atoms with Crippen molar-refractivity contribution in [2.75, 3.05) is 0 Å².